The zero-order valence-electron chi connectivity index (χ0n) is 8.64. The maximum Gasteiger partial charge on any atom is 0.127 e. The summed E-state index contributed by atoms with van der Waals surface area (Å²) in [5.41, 5.74) is 11.9. The van der Waals surface area contributed by atoms with Crippen LogP contribution in [0.3, 0.4) is 0 Å². The minimum absolute atomic E-state index is 0. The van der Waals surface area contributed by atoms with Crippen LogP contribution < -0.4 is 16.2 Å². The van der Waals surface area contributed by atoms with Gasteiger partial charge in [0.05, 0.1) is 12.7 Å². The van der Waals surface area contributed by atoms with E-state index in [2.05, 4.69) is 0 Å². The largest absolute Gasteiger partial charge is 0.507 e. The van der Waals surface area contributed by atoms with E-state index in [9.17, 15) is 5.11 Å². The van der Waals surface area contributed by atoms with E-state index in [0.717, 1.165) is 0 Å². The number of ether oxygens (including phenoxy) is 1. The van der Waals surface area contributed by atoms with Gasteiger partial charge in [-0.2, -0.15) is 0 Å². The molecule has 1 aromatic rings. The summed E-state index contributed by atoms with van der Waals surface area (Å²) in [6.45, 7) is 0.485. The molecule has 0 saturated heterocycles. The number of benzene rings is 1. The first-order valence-corrected chi connectivity index (χ1v) is 4.52. The molecule has 0 bridgehead atoms. The van der Waals surface area contributed by atoms with Gasteiger partial charge in [-0.25, -0.2) is 0 Å². The molecule has 5 heteroatoms. The van der Waals surface area contributed by atoms with Crippen molar-refractivity contribution < 1.29 is 9.84 Å². The molecule has 0 fully saturated rings. The van der Waals surface area contributed by atoms with Crippen LogP contribution in [0.5, 0.6) is 11.5 Å². The van der Waals surface area contributed by atoms with Gasteiger partial charge < -0.3 is 21.3 Å². The van der Waals surface area contributed by atoms with E-state index in [0.29, 0.717) is 24.3 Å². The SMILES string of the molecule is COc1cccc(O)c1[C@H](N)CCN.Cl. The van der Waals surface area contributed by atoms with Crippen molar-refractivity contribution in [1.82, 2.24) is 0 Å². The molecule has 0 aliphatic rings. The van der Waals surface area contributed by atoms with E-state index in [4.69, 9.17) is 16.2 Å². The molecule has 0 saturated carbocycles. The normalized spacial score (nSPS) is 11.7. The Morgan fingerprint density at radius 1 is 1.47 bits per heavy atom. The fourth-order valence-corrected chi connectivity index (χ4v) is 1.41. The van der Waals surface area contributed by atoms with E-state index in [1.807, 2.05) is 0 Å². The number of phenolic OH excluding ortho intramolecular Hbond substituents is 1. The van der Waals surface area contributed by atoms with Crippen LogP contribution in [0, 0.1) is 0 Å². The highest BCUT2D eigenvalue weighted by atomic mass is 35.5. The second kappa shape index (κ2) is 6.50. The molecular weight excluding hydrogens is 216 g/mol. The molecule has 0 amide bonds. The van der Waals surface area contributed by atoms with E-state index >= 15 is 0 Å². The lowest BCUT2D eigenvalue weighted by molar-refractivity contribution is 0.392. The molecule has 0 aromatic heterocycles. The van der Waals surface area contributed by atoms with Crippen LogP contribution in [-0.4, -0.2) is 18.8 Å². The first-order valence-electron chi connectivity index (χ1n) is 4.52. The minimum Gasteiger partial charge on any atom is -0.507 e. The standard InChI is InChI=1S/C10H16N2O2.ClH/c1-14-9-4-2-3-8(13)10(9)7(12)5-6-11;/h2-4,7,13H,5-6,11-12H2,1H3;1H/t7-;/m1./s1. The number of rotatable bonds is 4. The Balaban J connectivity index is 0.00000196. The number of nitrogens with two attached hydrogens (primary N) is 2. The Kier molecular flexibility index (Phi) is 6.08. The molecule has 0 heterocycles. The summed E-state index contributed by atoms with van der Waals surface area (Å²) in [6, 6.07) is 4.79. The third-order valence-corrected chi connectivity index (χ3v) is 2.11. The van der Waals surface area contributed by atoms with Gasteiger partial charge in [-0.3, -0.25) is 0 Å². The summed E-state index contributed by atoms with van der Waals surface area (Å²) in [6.07, 6.45) is 0.619. The van der Waals surface area contributed by atoms with Gasteiger partial charge >= 0.3 is 0 Å². The van der Waals surface area contributed by atoms with Gasteiger partial charge in [-0.1, -0.05) is 6.07 Å². The van der Waals surface area contributed by atoms with Crippen molar-refractivity contribution in [2.75, 3.05) is 13.7 Å². The molecule has 0 unspecified atom stereocenters. The fraction of sp³-hybridized carbons (Fsp3) is 0.400. The smallest absolute Gasteiger partial charge is 0.127 e. The van der Waals surface area contributed by atoms with Crippen LogP contribution in [-0.2, 0) is 0 Å². The average Bonchev–Trinajstić information content (AvgIpc) is 2.17. The number of aromatic hydroxyl groups is 1. The maximum absolute atomic E-state index is 9.62. The summed E-state index contributed by atoms with van der Waals surface area (Å²) in [5, 5.41) is 9.62. The second-order valence-electron chi connectivity index (χ2n) is 3.08. The first kappa shape index (κ1) is 14.0. The predicted octanol–water partition coefficient (Wildman–Crippen LogP) is 1.17. The lowest BCUT2D eigenvalue weighted by atomic mass is 10.0. The lowest BCUT2D eigenvalue weighted by Gasteiger charge is -2.16. The number of halogens is 1. The average molecular weight is 233 g/mol. The van der Waals surface area contributed by atoms with Gasteiger partial charge in [0.1, 0.15) is 11.5 Å². The van der Waals surface area contributed by atoms with Crippen LogP contribution in [0.4, 0.5) is 0 Å². The molecule has 1 rings (SSSR count). The second-order valence-corrected chi connectivity index (χ2v) is 3.08. The summed E-state index contributed by atoms with van der Waals surface area (Å²) in [4.78, 5) is 0. The maximum atomic E-state index is 9.62. The Bertz CT molecular complexity index is 307. The predicted molar refractivity (Wildman–Crippen MR) is 62.5 cm³/mol. The fourth-order valence-electron chi connectivity index (χ4n) is 1.41. The van der Waals surface area contributed by atoms with Crippen molar-refractivity contribution in [2.45, 2.75) is 12.5 Å². The third kappa shape index (κ3) is 3.27. The van der Waals surface area contributed by atoms with Gasteiger partial charge in [-0.15, -0.1) is 12.4 Å². The molecule has 0 aliphatic carbocycles. The Morgan fingerprint density at radius 3 is 2.67 bits per heavy atom. The van der Waals surface area contributed by atoms with Crippen LogP contribution in [0.15, 0.2) is 18.2 Å². The van der Waals surface area contributed by atoms with Crippen molar-refractivity contribution in [3.8, 4) is 11.5 Å². The quantitative estimate of drug-likeness (QED) is 0.728. The van der Waals surface area contributed by atoms with Crippen molar-refractivity contribution in [2.24, 2.45) is 11.5 Å². The van der Waals surface area contributed by atoms with E-state index < -0.39 is 0 Å². The zero-order chi connectivity index (χ0) is 10.6. The van der Waals surface area contributed by atoms with Crippen LogP contribution in [0.1, 0.15) is 18.0 Å². The summed E-state index contributed by atoms with van der Waals surface area (Å²) >= 11 is 0. The molecule has 0 radical (unpaired) electrons. The first-order chi connectivity index (χ1) is 6.70. The molecule has 4 nitrogen and oxygen atoms in total. The molecule has 1 aromatic carbocycles. The van der Waals surface area contributed by atoms with Gasteiger partial charge in [0, 0.05) is 6.04 Å². The van der Waals surface area contributed by atoms with E-state index in [1.165, 1.54) is 0 Å². The Labute approximate surface area is 95.6 Å². The lowest BCUT2D eigenvalue weighted by Crippen LogP contribution is -2.16. The third-order valence-electron chi connectivity index (χ3n) is 2.11. The van der Waals surface area contributed by atoms with Gasteiger partial charge in [0.25, 0.3) is 0 Å². The highest BCUT2D eigenvalue weighted by Gasteiger charge is 2.15. The molecule has 5 N–H and O–H groups in total. The minimum atomic E-state index is -0.281. The molecule has 0 spiro atoms. The summed E-state index contributed by atoms with van der Waals surface area (Å²) in [5.74, 6) is 0.760. The molecule has 1 atom stereocenters. The van der Waals surface area contributed by atoms with Crippen molar-refractivity contribution in [3.63, 3.8) is 0 Å². The van der Waals surface area contributed by atoms with Crippen LogP contribution in [0.2, 0.25) is 0 Å². The molecular formula is C10H17ClN2O2. The van der Waals surface area contributed by atoms with Gasteiger partial charge in [-0.05, 0) is 25.1 Å². The van der Waals surface area contributed by atoms with Crippen molar-refractivity contribution >= 4 is 12.4 Å². The summed E-state index contributed by atoms with van der Waals surface area (Å²) in [7, 11) is 1.55. The highest BCUT2D eigenvalue weighted by molar-refractivity contribution is 5.85. The van der Waals surface area contributed by atoms with E-state index in [1.54, 1.807) is 25.3 Å². The molecule has 0 aliphatic heterocycles. The Hall–Kier alpha value is -0.970. The molecule has 86 valence electrons. The van der Waals surface area contributed by atoms with Crippen LogP contribution in [0.25, 0.3) is 0 Å². The van der Waals surface area contributed by atoms with Gasteiger partial charge in [0.15, 0.2) is 0 Å². The number of phenols is 1. The number of hydrogen-bond donors (Lipinski definition) is 3. The van der Waals surface area contributed by atoms with Crippen LogP contribution >= 0.6 is 12.4 Å². The van der Waals surface area contributed by atoms with E-state index in [-0.39, 0.29) is 24.2 Å². The zero-order valence-corrected chi connectivity index (χ0v) is 9.46. The number of hydrogen-bond acceptors (Lipinski definition) is 4. The van der Waals surface area contributed by atoms with Crippen molar-refractivity contribution in [1.29, 1.82) is 0 Å². The monoisotopic (exact) mass is 232 g/mol. The summed E-state index contributed by atoms with van der Waals surface area (Å²) < 4.78 is 5.11. The molecule has 15 heavy (non-hydrogen) atoms. The highest BCUT2D eigenvalue weighted by Crippen LogP contribution is 2.32. The topological polar surface area (TPSA) is 81.5 Å². The Morgan fingerprint density at radius 2 is 2.13 bits per heavy atom. The van der Waals surface area contributed by atoms with Gasteiger partial charge in [0.2, 0.25) is 0 Å². The van der Waals surface area contributed by atoms with Crippen molar-refractivity contribution in [3.05, 3.63) is 23.8 Å². The number of methoxy groups -OCH3 is 1.